The van der Waals surface area contributed by atoms with Gasteiger partial charge in [0.25, 0.3) is 0 Å². The molecule has 5 heteroatoms. The molecule has 1 aliphatic heterocycles. The summed E-state index contributed by atoms with van der Waals surface area (Å²) < 4.78 is 21.4. The fraction of sp³-hybridized carbons (Fsp3) is 0.818. The van der Waals surface area contributed by atoms with Crippen LogP contribution in [-0.4, -0.2) is 56.6 Å². The number of hydrogen-bond acceptors (Lipinski definition) is 5. The Morgan fingerprint density at radius 2 is 1.94 bits per heavy atom. The van der Waals surface area contributed by atoms with Crippen LogP contribution in [0.2, 0.25) is 0 Å². The third kappa shape index (κ3) is 2.81. The van der Waals surface area contributed by atoms with Crippen molar-refractivity contribution < 1.29 is 24.1 Å². The van der Waals surface area contributed by atoms with E-state index in [1.165, 1.54) is 14.2 Å². The molecule has 5 atom stereocenters. The number of aliphatic hydroxyl groups excluding tert-OH is 1. The maximum Gasteiger partial charge on any atom is 0.187 e. The minimum absolute atomic E-state index is 0.355. The minimum atomic E-state index is -0.724. The standard InChI is InChI=1S/C11H20O5/c1-5-6-15-11-10(14-4)9(13-3)8(12)7(2)16-11/h5,7-12H,1,6H2,2-4H3/t7-,8+,9+,10+,11-/m1/s1. The van der Waals surface area contributed by atoms with Crippen LogP contribution in [0.15, 0.2) is 12.7 Å². The molecule has 0 saturated carbocycles. The van der Waals surface area contributed by atoms with Crippen LogP contribution < -0.4 is 0 Å². The molecule has 16 heavy (non-hydrogen) atoms. The average Bonchev–Trinajstić information content (AvgIpc) is 2.29. The van der Waals surface area contributed by atoms with E-state index in [1.807, 2.05) is 0 Å². The molecule has 1 rings (SSSR count). The molecule has 0 bridgehead atoms. The van der Waals surface area contributed by atoms with Crippen molar-refractivity contribution in [3.05, 3.63) is 12.7 Å². The summed E-state index contributed by atoms with van der Waals surface area (Å²) in [6, 6.07) is 0. The zero-order valence-electron chi connectivity index (χ0n) is 9.96. The van der Waals surface area contributed by atoms with Crippen molar-refractivity contribution in [1.29, 1.82) is 0 Å². The summed E-state index contributed by atoms with van der Waals surface area (Å²) in [5.74, 6) is 0. The lowest BCUT2D eigenvalue weighted by atomic mass is 9.99. The largest absolute Gasteiger partial charge is 0.388 e. The second kappa shape index (κ2) is 6.32. The van der Waals surface area contributed by atoms with Gasteiger partial charge in [-0.25, -0.2) is 0 Å². The van der Waals surface area contributed by atoms with Gasteiger partial charge in [-0.1, -0.05) is 6.08 Å². The van der Waals surface area contributed by atoms with Gasteiger partial charge in [0.1, 0.15) is 18.3 Å². The second-order valence-corrected chi connectivity index (χ2v) is 3.72. The molecule has 0 radical (unpaired) electrons. The smallest absolute Gasteiger partial charge is 0.187 e. The van der Waals surface area contributed by atoms with Crippen molar-refractivity contribution in [2.24, 2.45) is 0 Å². The summed E-state index contributed by atoms with van der Waals surface area (Å²) in [7, 11) is 3.07. The zero-order chi connectivity index (χ0) is 12.1. The molecule has 1 saturated heterocycles. The molecule has 1 heterocycles. The van der Waals surface area contributed by atoms with Crippen LogP contribution >= 0.6 is 0 Å². The number of hydrogen-bond donors (Lipinski definition) is 1. The molecular weight excluding hydrogens is 212 g/mol. The lowest BCUT2D eigenvalue weighted by Gasteiger charge is -2.42. The highest BCUT2D eigenvalue weighted by Gasteiger charge is 2.44. The van der Waals surface area contributed by atoms with E-state index in [4.69, 9.17) is 18.9 Å². The molecule has 0 aromatic heterocycles. The van der Waals surface area contributed by atoms with E-state index in [-0.39, 0.29) is 6.10 Å². The maximum atomic E-state index is 9.88. The Morgan fingerprint density at radius 1 is 1.31 bits per heavy atom. The van der Waals surface area contributed by atoms with E-state index in [2.05, 4.69) is 6.58 Å². The first-order valence-electron chi connectivity index (χ1n) is 5.27. The van der Waals surface area contributed by atoms with Gasteiger partial charge in [-0.15, -0.1) is 6.58 Å². The second-order valence-electron chi connectivity index (χ2n) is 3.72. The Labute approximate surface area is 95.9 Å². The molecule has 0 spiro atoms. The van der Waals surface area contributed by atoms with Crippen molar-refractivity contribution in [1.82, 2.24) is 0 Å². The summed E-state index contributed by atoms with van der Waals surface area (Å²) in [6.45, 7) is 5.70. The monoisotopic (exact) mass is 232 g/mol. The zero-order valence-corrected chi connectivity index (χ0v) is 9.96. The molecule has 0 aliphatic carbocycles. The van der Waals surface area contributed by atoms with Crippen LogP contribution in [0.4, 0.5) is 0 Å². The van der Waals surface area contributed by atoms with E-state index in [1.54, 1.807) is 13.0 Å². The average molecular weight is 232 g/mol. The summed E-state index contributed by atoms with van der Waals surface area (Å²) in [6.07, 6.45) is -0.899. The van der Waals surface area contributed by atoms with E-state index in [0.717, 1.165) is 0 Å². The Hall–Kier alpha value is -0.460. The summed E-state index contributed by atoms with van der Waals surface area (Å²) in [5, 5.41) is 9.88. The summed E-state index contributed by atoms with van der Waals surface area (Å²) in [4.78, 5) is 0. The molecule has 1 aliphatic rings. The quantitative estimate of drug-likeness (QED) is 0.692. The van der Waals surface area contributed by atoms with E-state index >= 15 is 0 Å². The topological polar surface area (TPSA) is 57.2 Å². The predicted molar refractivity (Wildman–Crippen MR) is 58.1 cm³/mol. The first-order valence-corrected chi connectivity index (χ1v) is 5.27. The molecule has 0 amide bonds. The van der Waals surface area contributed by atoms with Gasteiger partial charge in [0.15, 0.2) is 6.29 Å². The van der Waals surface area contributed by atoms with Gasteiger partial charge in [0, 0.05) is 14.2 Å². The van der Waals surface area contributed by atoms with Crippen molar-refractivity contribution in [3.63, 3.8) is 0 Å². The SMILES string of the molecule is C=CCO[C@@H]1O[C@H](C)[C@H](O)[C@H](OC)[C@@H]1OC. The van der Waals surface area contributed by atoms with Crippen molar-refractivity contribution in [2.45, 2.75) is 37.6 Å². The Balaban J connectivity index is 2.71. The molecule has 1 fully saturated rings. The highest BCUT2D eigenvalue weighted by atomic mass is 16.7. The Kier molecular flexibility index (Phi) is 5.37. The first-order chi connectivity index (χ1) is 7.65. The molecule has 0 aromatic carbocycles. The predicted octanol–water partition coefficient (Wildman–Crippen LogP) is 0.325. The minimum Gasteiger partial charge on any atom is -0.388 e. The van der Waals surface area contributed by atoms with Crippen LogP contribution in [0.25, 0.3) is 0 Å². The van der Waals surface area contributed by atoms with E-state index in [9.17, 15) is 5.11 Å². The van der Waals surface area contributed by atoms with Crippen LogP contribution in [0.3, 0.4) is 0 Å². The Morgan fingerprint density at radius 3 is 2.44 bits per heavy atom. The molecule has 0 unspecified atom stereocenters. The highest BCUT2D eigenvalue weighted by molar-refractivity contribution is 4.89. The van der Waals surface area contributed by atoms with Gasteiger partial charge >= 0.3 is 0 Å². The Bertz CT molecular complexity index is 220. The van der Waals surface area contributed by atoms with Crippen molar-refractivity contribution in [2.75, 3.05) is 20.8 Å². The van der Waals surface area contributed by atoms with Crippen LogP contribution in [0, 0.1) is 0 Å². The van der Waals surface area contributed by atoms with Gasteiger partial charge < -0.3 is 24.1 Å². The van der Waals surface area contributed by atoms with Gasteiger partial charge in [-0.05, 0) is 6.92 Å². The van der Waals surface area contributed by atoms with Gasteiger partial charge in [-0.3, -0.25) is 0 Å². The van der Waals surface area contributed by atoms with Gasteiger partial charge in [0.05, 0.1) is 12.7 Å². The summed E-state index contributed by atoms with van der Waals surface area (Å²) >= 11 is 0. The molecule has 5 nitrogen and oxygen atoms in total. The highest BCUT2D eigenvalue weighted by Crippen LogP contribution is 2.25. The van der Waals surface area contributed by atoms with E-state index < -0.39 is 24.6 Å². The maximum absolute atomic E-state index is 9.88. The van der Waals surface area contributed by atoms with Gasteiger partial charge in [-0.2, -0.15) is 0 Å². The molecule has 1 N–H and O–H groups in total. The number of aliphatic hydroxyl groups is 1. The van der Waals surface area contributed by atoms with Gasteiger partial charge in [0.2, 0.25) is 0 Å². The van der Waals surface area contributed by atoms with E-state index in [0.29, 0.717) is 6.61 Å². The fourth-order valence-corrected chi connectivity index (χ4v) is 1.80. The van der Waals surface area contributed by atoms with Crippen molar-refractivity contribution >= 4 is 0 Å². The first kappa shape index (κ1) is 13.6. The van der Waals surface area contributed by atoms with Crippen molar-refractivity contribution in [3.8, 4) is 0 Å². The number of ether oxygens (including phenoxy) is 4. The van der Waals surface area contributed by atoms with Crippen LogP contribution in [-0.2, 0) is 18.9 Å². The normalized spacial score (nSPS) is 39.6. The lowest BCUT2D eigenvalue weighted by molar-refractivity contribution is -0.299. The number of methoxy groups -OCH3 is 2. The third-order valence-electron chi connectivity index (χ3n) is 2.68. The fourth-order valence-electron chi connectivity index (χ4n) is 1.80. The molecular formula is C11H20O5. The third-order valence-corrected chi connectivity index (χ3v) is 2.68. The number of rotatable bonds is 5. The lowest BCUT2D eigenvalue weighted by Crippen LogP contribution is -2.58. The van der Waals surface area contributed by atoms with Crippen LogP contribution in [0.5, 0.6) is 0 Å². The summed E-state index contributed by atoms with van der Waals surface area (Å²) in [5.41, 5.74) is 0. The van der Waals surface area contributed by atoms with Crippen LogP contribution in [0.1, 0.15) is 6.92 Å². The molecule has 0 aromatic rings. The molecule has 94 valence electrons.